The van der Waals surface area contributed by atoms with Crippen molar-refractivity contribution >= 4 is 23.5 Å². The molecule has 2 N–H and O–H groups in total. The fraction of sp³-hybridized carbons (Fsp3) is 0.538. The lowest BCUT2D eigenvalue weighted by Crippen LogP contribution is -2.16. The van der Waals surface area contributed by atoms with Crippen LogP contribution in [0.1, 0.15) is 19.0 Å². The standard InChI is InChI=1S/C13H22N8/c1-6-7-14-11-16-12(18-13(17-11)20(3)4)15-10-8-21(5)19-9(10)2/h8H,6-7H2,1-5H3,(H2,14,15,16,17,18). The van der Waals surface area contributed by atoms with Crippen molar-refractivity contribution < 1.29 is 0 Å². The molecule has 0 radical (unpaired) electrons. The Bertz CT molecular complexity index is 604. The third-order valence-corrected chi connectivity index (χ3v) is 2.82. The molecule has 0 saturated heterocycles. The number of anilines is 4. The second kappa shape index (κ2) is 6.38. The van der Waals surface area contributed by atoms with Crippen LogP contribution in [0.2, 0.25) is 0 Å². The van der Waals surface area contributed by atoms with Gasteiger partial charge in [-0.1, -0.05) is 6.92 Å². The minimum absolute atomic E-state index is 0.503. The summed E-state index contributed by atoms with van der Waals surface area (Å²) in [6.45, 7) is 4.86. The van der Waals surface area contributed by atoms with E-state index in [1.165, 1.54) is 0 Å². The van der Waals surface area contributed by atoms with E-state index in [2.05, 4.69) is 37.6 Å². The summed E-state index contributed by atoms with van der Waals surface area (Å²) >= 11 is 0. The molecule has 0 unspecified atom stereocenters. The van der Waals surface area contributed by atoms with Crippen molar-refractivity contribution in [2.75, 3.05) is 36.2 Å². The predicted molar refractivity (Wildman–Crippen MR) is 84.2 cm³/mol. The van der Waals surface area contributed by atoms with Crippen molar-refractivity contribution in [1.82, 2.24) is 24.7 Å². The van der Waals surface area contributed by atoms with E-state index < -0.39 is 0 Å². The van der Waals surface area contributed by atoms with Gasteiger partial charge in [-0.15, -0.1) is 0 Å². The Labute approximate surface area is 124 Å². The van der Waals surface area contributed by atoms with Crippen LogP contribution in [-0.2, 0) is 7.05 Å². The minimum Gasteiger partial charge on any atom is -0.354 e. The second-order valence-corrected chi connectivity index (χ2v) is 5.03. The summed E-state index contributed by atoms with van der Waals surface area (Å²) in [5.74, 6) is 1.68. The summed E-state index contributed by atoms with van der Waals surface area (Å²) in [5.41, 5.74) is 1.78. The number of rotatable bonds is 6. The number of nitrogens with zero attached hydrogens (tertiary/aromatic N) is 6. The molecular formula is C13H22N8. The zero-order valence-corrected chi connectivity index (χ0v) is 13.2. The highest BCUT2D eigenvalue weighted by atomic mass is 15.3. The Morgan fingerprint density at radius 1 is 1.19 bits per heavy atom. The average molecular weight is 290 g/mol. The largest absolute Gasteiger partial charge is 0.354 e. The van der Waals surface area contributed by atoms with Gasteiger partial charge in [0, 0.05) is 33.9 Å². The van der Waals surface area contributed by atoms with Gasteiger partial charge in [-0.3, -0.25) is 4.68 Å². The summed E-state index contributed by atoms with van der Waals surface area (Å²) in [7, 11) is 5.68. The molecule has 8 nitrogen and oxygen atoms in total. The van der Waals surface area contributed by atoms with Crippen LogP contribution in [0.15, 0.2) is 6.20 Å². The Balaban J connectivity index is 2.28. The lowest BCUT2D eigenvalue weighted by atomic mass is 10.4. The fourth-order valence-electron chi connectivity index (χ4n) is 1.78. The third-order valence-electron chi connectivity index (χ3n) is 2.82. The predicted octanol–water partition coefficient (Wildman–Crippen LogP) is 1.55. The van der Waals surface area contributed by atoms with Crippen LogP contribution in [-0.4, -0.2) is 45.4 Å². The van der Waals surface area contributed by atoms with Crippen LogP contribution in [0.25, 0.3) is 0 Å². The summed E-state index contributed by atoms with van der Waals surface area (Å²) < 4.78 is 1.75. The van der Waals surface area contributed by atoms with Crippen molar-refractivity contribution in [3.8, 4) is 0 Å². The van der Waals surface area contributed by atoms with Crippen LogP contribution in [0.4, 0.5) is 23.5 Å². The van der Waals surface area contributed by atoms with E-state index in [9.17, 15) is 0 Å². The van der Waals surface area contributed by atoms with E-state index in [4.69, 9.17) is 0 Å². The van der Waals surface area contributed by atoms with Gasteiger partial charge in [0.1, 0.15) is 0 Å². The average Bonchev–Trinajstić information content (AvgIpc) is 2.74. The fourth-order valence-corrected chi connectivity index (χ4v) is 1.78. The van der Waals surface area contributed by atoms with Crippen molar-refractivity contribution in [2.45, 2.75) is 20.3 Å². The summed E-state index contributed by atoms with van der Waals surface area (Å²) in [6, 6.07) is 0. The monoisotopic (exact) mass is 290 g/mol. The molecule has 0 spiro atoms. The molecule has 0 bridgehead atoms. The number of nitrogens with one attached hydrogen (secondary N) is 2. The quantitative estimate of drug-likeness (QED) is 0.835. The molecule has 0 aliphatic heterocycles. The van der Waals surface area contributed by atoms with Crippen molar-refractivity contribution in [3.63, 3.8) is 0 Å². The van der Waals surface area contributed by atoms with Gasteiger partial charge >= 0.3 is 0 Å². The molecule has 0 aliphatic rings. The van der Waals surface area contributed by atoms with Crippen molar-refractivity contribution in [3.05, 3.63) is 11.9 Å². The number of aryl methyl sites for hydroxylation is 2. The first-order chi connectivity index (χ1) is 9.99. The molecule has 0 aliphatic carbocycles. The second-order valence-electron chi connectivity index (χ2n) is 5.03. The lowest BCUT2D eigenvalue weighted by Gasteiger charge is -2.13. The van der Waals surface area contributed by atoms with Crippen LogP contribution in [0.5, 0.6) is 0 Å². The summed E-state index contributed by atoms with van der Waals surface area (Å²) in [5, 5.41) is 10.7. The smallest absolute Gasteiger partial charge is 0.233 e. The summed E-state index contributed by atoms with van der Waals surface area (Å²) in [6.07, 6.45) is 2.90. The van der Waals surface area contributed by atoms with Crippen LogP contribution >= 0.6 is 0 Å². The number of hydrogen-bond acceptors (Lipinski definition) is 7. The van der Waals surface area contributed by atoms with Crippen LogP contribution in [0, 0.1) is 6.92 Å². The molecule has 2 rings (SSSR count). The first kappa shape index (κ1) is 15.0. The highest BCUT2D eigenvalue weighted by molar-refractivity contribution is 5.57. The van der Waals surface area contributed by atoms with Gasteiger partial charge in [0.05, 0.1) is 11.4 Å². The van der Waals surface area contributed by atoms with E-state index in [0.29, 0.717) is 17.8 Å². The Kier molecular flexibility index (Phi) is 4.56. The van der Waals surface area contributed by atoms with Crippen LogP contribution in [0.3, 0.4) is 0 Å². The van der Waals surface area contributed by atoms with Gasteiger partial charge in [-0.25, -0.2) is 0 Å². The molecule has 0 saturated carbocycles. The van der Waals surface area contributed by atoms with E-state index >= 15 is 0 Å². The van der Waals surface area contributed by atoms with Gasteiger partial charge in [-0.05, 0) is 13.3 Å². The number of aromatic nitrogens is 5. The highest BCUT2D eigenvalue weighted by Crippen LogP contribution is 2.18. The lowest BCUT2D eigenvalue weighted by molar-refractivity contribution is 0.756. The van der Waals surface area contributed by atoms with Gasteiger partial charge in [0.25, 0.3) is 0 Å². The minimum atomic E-state index is 0.503. The molecule has 8 heteroatoms. The first-order valence-corrected chi connectivity index (χ1v) is 6.94. The van der Waals surface area contributed by atoms with E-state index in [0.717, 1.165) is 24.3 Å². The molecule has 114 valence electrons. The van der Waals surface area contributed by atoms with Gasteiger partial charge in [0.2, 0.25) is 17.8 Å². The van der Waals surface area contributed by atoms with Crippen LogP contribution < -0.4 is 15.5 Å². The maximum Gasteiger partial charge on any atom is 0.233 e. The maximum absolute atomic E-state index is 4.40. The topological polar surface area (TPSA) is 83.8 Å². The molecule has 0 aromatic carbocycles. The summed E-state index contributed by atoms with van der Waals surface area (Å²) in [4.78, 5) is 15.0. The SMILES string of the molecule is CCCNc1nc(Nc2cn(C)nc2C)nc(N(C)C)n1. The Morgan fingerprint density at radius 3 is 2.48 bits per heavy atom. The molecule has 0 fully saturated rings. The molecule has 0 atom stereocenters. The van der Waals surface area contributed by atoms with Crippen molar-refractivity contribution in [1.29, 1.82) is 0 Å². The zero-order valence-electron chi connectivity index (χ0n) is 13.2. The maximum atomic E-state index is 4.40. The first-order valence-electron chi connectivity index (χ1n) is 6.94. The van der Waals surface area contributed by atoms with Gasteiger partial charge < -0.3 is 15.5 Å². The molecule has 21 heavy (non-hydrogen) atoms. The Morgan fingerprint density at radius 2 is 1.90 bits per heavy atom. The highest BCUT2D eigenvalue weighted by Gasteiger charge is 2.10. The van der Waals surface area contributed by atoms with E-state index in [-0.39, 0.29) is 0 Å². The normalized spacial score (nSPS) is 10.5. The number of hydrogen-bond donors (Lipinski definition) is 2. The van der Waals surface area contributed by atoms with E-state index in [1.54, 1.807) is 4.68 Å². The molecule has 2 heterocycles. The van der Waals surface area contributed by atoms with Crippen molar-refractivity contribution in [2.24, 2.45) is 7.05 Å². The van der Waals surface area contributed by atoms with Gasteiger partial charge in [-0.2, -0.15) is 20.1 Å². The Hall–Kier alpha value is -2.38. The third kappa shape index (κ3) is 3.80. The van der Waals surface area contributed by atoms with Gasteiger partial charge in [0.15, 0.2) is 0 Å². The molecule has 2 aromatic rings. The van der Waals surface area contributed by atoms with E-state index in [1.807, 2.05) is 39.2 Å². The molecule has 2 aromatic heterocycles. The molecule has 0 amide bonds. The molecular weight excluding hydrogens is 268 g/mol. The zero-order chi connectivity index (χ0) is 15.4.